The minimum absolute atomic E-state index is 0.124. The molecule has 0 aliphatic carbocycles. The number of allylic oxidation sites excluding steroid dienone is 1. The van der Waals surface area contributed by atoms with E-state index in [4.69, 9.17) is 18.6 Å². The third-order valence-corrected chi connectivity index (χ3v) is 6.39. The normalized spacial score (nSPS) is 16.4. The highest BCUT2D eigenvalue weighted by Gasteiger charge is 2.34. The van der Waals surface area contributed by atoms with Gasteiger partial charge in [-0.2, -0.15) is 0 Å². The van der Waals surface area contributed by atoms with Crippen LogP contribution in [0.1, 0.15) is 34.2 Å². The van der Waals surface area contributed by atoms with E-state index in [1.807, 2.05) is 48.7 Å². The van der Waals surface area contributed by atoms with Gasteiger partial charge in [-0.15, -0.1) is 0 Å². The van der Waals surface area contributed by atoms with Gasteiger partial charge in [-0.25, -0.2) is 0 Å². The van der Waals surface area contributed by atoms with Crippen LogP contribution in [0.2, 0.25) is 0 Å². The van der Waals surface area contributed by atoms with Crippen LogP contribution in [0.5, 0.6) is 17.2 Å². The molecule has 2 aromatic carbocycles. The highest BCUT2D eigenvalue weighted by atomic mass is 16.5. The zero-order valence-electron chi connectivity index (χ0n) is 19.0. The number of carbonyl (C=O) groups is 1. The van der Waals surface area contributed by atoms with Gasteiger partial charge in [0.25, 0.3) is 0 Å². The maximum absolute atomic E-state index is 13.3. The highest BCUT2D eigenvalue weighted by molar-refractivity contribution is 6.15. The molecule has 0 radical (unpaired) electrons. The Labute approximate surface area is 196 Å². The molecule has 2 aromatic heterocycles. The van der Waals surface area contributed by atoms with Gasteiger partial charge in [0.15, 0.2) is 5.76 Å². The largest absolute Gasteiger partial charge is 0.497 e. The third kappa shape index (κ3) is 3.36. The first-order chi connectivity index (χ1) is 16.6. The average Bonchev–Trinajstić information content (AvgIpc) is 3.58. The van der Waals surface area contributed by atoms with Crippen LogP contribution in [0.4, 0.5) is 0 Å². The van der Waals surface area contributed by atoms with Crippen molar-refractivity contribution in [1.82, 2.24) is 9.47 Å². The summed E-state index contributed by atoms with van der Waals surface area (Å²) in [4.78, 5) is 15.4. The fourth-order valence-corrected chi connectivity index (χ4v) is 4.68. The first kappa shape index (κ1) is 20.6. The zero-order chi connectivity index (χ0) is 23.2. The summed E-state index contributed by atoms with van der Waals surface area (Å²) in [6.07, 6.45) is 5.53. The molecule has 0 amide bonds. The van der Waals surface area contributed by atoms with Crippen LogP contribution in [-0.2, 0) is 19.6 Å². The van der Waals surface area contributed by atoms with E-state index in [1.54, 1.807) is 19.4 Å². The van der Waals surface area contributed by atoms with Crippen molar-refractivity contribution >= 4 is 22.8 Å². The number of hydrogen-bond donors (Lipinski definition) is 0. The van der Waals surface area contributed by atoms with Crippen LogP contribution >= 0.6 is 0 Å². The van der Waals surface area contributed by atoms with Crippen LogP contribution in [0.25, 0.3) is 17.0 Å². The Morgan fingerprint density at radius 2 is 2.09 bits per heavy atom. The molecule has 4 heterocycles. The van der Waals surface area contributed by atoms with E-state index in [-0.39, 0.29) is 5.78 Å². The monoisotopic (exact) mass is 456 g/mol. The fourth-order valence-electron chi connectivity index (χ4n) is 4.68. The van der Waals surface area contributed by atoms with E-state index >= 15 is 0 Å². The van der Waals surface area contributed by atoms with E-state index in [1.165, 1.54) is 0 Å². The minimum atomic E-state index is -0.124. The standard InChI is InChI=1S/C27H24N2O5/c1-3-29-13-17(21-12-18(31-2)6-8-23(21)29)11-25-26(30)20-7-9-24-22(27(20)34-25)15-28(16-33-24)14-19-5-4-10-32-19/h4-13H,3,14-16H2,1-2H3/b25-11-. The molecule has 0 unspecified atom stereocenters. The van der Waals surface area contributed by atoms with Gasteiger partial charge in [-0.1, -0.05) is 0 Å². The number of benzene rings is 2. The Morgan fingerprint density at radius 1 is 1.18 bits per heavy atom. The number of nitrogens with zero attached hydrogens (tertiary/aromatic N) is 2. The predicted molar refractivity (Wildman–Crippen MR) is 127 cm³/mol. The number of rotatable bonds is 5. The molecule has 172 valence electrons. The van der Waals surface area contributed by atoms with Gasteiger partial charge in [0.2, 0.25) is 5.78 Å². The van der Waals surface area contributed by atoms with Crippen LogP contribution in [0.3, 0.4) is 0 Å². The van der Waals surface area contributed by atoms with Crippen molar-refractivity contribution < 1.29 is 23.4 Å². The summed E-state index contributed by atoms with van der Waals surface area (Å²) in [6, 6.07) is 13.4. The molecule has 0 saturated heterocycles. The van der Waals surface area contributed by atoms with Gasteiger partial charge in [0, 0.05) is 35.8 Å². The van der Waals surface area contributed by atoms with Gasteiger partial charge < -0.3 is 23.2 Å². The maximum atomic E-state index is 13.3. The van der Waals surface area contributed by atoms with Crippen LogP contribution in [0, 0.1) is 0 Å². The lowest BCUT2D eigenvalue weighted by Gasteiger charge is -2.29. The van der Waals surface area contributed by atoms with E-state index in [2.05, 4.69) is 16.4 Å². The predicted octanol–water partition coefficient (Wildman–Crippen LogP) is 5.23. The Morgan fingerprint density at radius 3 is 2.88 bits per heavy atom. The molecule has 0 fully saturated rings. The number of furan rings is 1. The number of carbonyl (C=O) groups excluding carboxylic acids is 1. The van der Waals surface area contributed by atoms with Crippen LogP contribution < -0.4 is 14.2 Å². The molecular weight excluding hydrogens is 432 g/mol. The quantitative estimate of drug-likeness (QED) is 0.383. The van der Waals surface area contributed by atoms with Gasteiger partial charge >= 0.3 is 0 Å². The second-order valence-corrected chi connectivity index (χ2v) is 8.45. The Balaban J connectivity index is 1.35. The molecule has 4 aromatic rings. The lowest BCUT2D eigenvalue weighted by atomic mass is 10.0. The van der Waals surface area contributed by atoms with Crippen molar-refractivity contribution in [3.63, 3.8) is 0 Å². The molecule has 2 aliphatic rings. The number of aryl methyl sites for hydroxylation is 1. The van der Waals surface area contributed by atoms with Crippen molar-refractivity contribution in [3.05, 3.63) is 83.1 Å². The number of Topliss-reactive ketones (excluding diaryl/α,β-unsaturated/α-hetero) is 1. The summed E-state index contributed by atoms with van der Waals surface area (Å²) in [5.74, 6) is 3.14. The zero-order valence-corrected chi connectivity index (χ0v) is 19.0. The molecular formula is C27H24N2O5. The first-order valence-corrected chi connectivity index (χ1v) is 11.3. The van der Waals surface area contributed by atoms with Crippen molar-refractivity contribution in [3.8, 4) is 17.2 Å². The number of ether oxygens (including phenoxy) is 3. The Hall–Kier alpha value is -3.97. The van der Waals surface area contributed by atoms with Gasteiger partial charge in [0.05, 0.1) is 31.0 Å². The second kappa shape index (κ2) is 8.11. The van der Waals surface area contributed by atoms with E-state index in [9.17, 15) is 4.79 Å². The maximum Gasteiger partial charge on any atom is 0.231 e. The van der Waals surface area contributed by atoms with Gasteiger partial charge in [-0.3, -0.25) is 9.69 Å². The molecule has 0 spiro atoms. The van der Waals surface area contributed by atoms with Crippen LogP contribution in [0.15, 0.2) is 65.1 Å². The molecule has 2 aliphatic heterocycles. The number of fused-ring (bicyclic) bond motifs is 4. The molecule has 0 bridgehead atoms. The SMILES string of the molecule is CCn1cc(/C=C2\Oc3c(ccc4c3CN(Cc3ccco3)CO4)C2=O)c2cc(OC)ccc21. The van der Waals surface area contributed by atoms with E-state index in [0.29, 0.717) is 36.9 Å². The smallest absolute Gasteiger partial charge is 0.231 e. The summed E-state index contributed by atoms with van der Waals surface area (Å²) in [7, 11) is 1.65. The van der Waals surface area contributed by atoms with Gasteiger partial charge in [-0.05, 0) is 55.5 Å². The number of methoxy groups -OCH3 is 1. The topological polar surface area (TPSA) is 66.1 Å². The molecule has 0 saturated carbocycles. The number of aromatic nitrogens is 1. The van der Waals surface area contributed by atoms with Crippen LogP contribution in [-0.4, -0.2) is 29.1 Å². The van der Waals surface area contributed by atoms with Gasteiger partial charge in [0.1, 0.15) is 29.7 Å². The summed E-state index contributed by atoms with van der Waals surface area (Å²) >= 11 is 0. The molecule has 0 atom stereocenters. The Kier molecular flexibility index (Phi) is 4.92. The summed E-state index contributed by atoms with van der Waals surface area (Å²) in [5.41, 5.74) is 3.43. The highest BCUT2D eigenvalue weighted by Crippen LogP contribution is 2.42. The molecule has 6 rings (SSSR count). The van der Waals surface area contributed by atoms with Crippen molar-refractivity contribution in [1.29, 1.82) is 0 Å². The fraction of sp³-hybridized carbons (Fsp3) is 0.222. The number of hydrogen-bond acceptors (Lipinski definition) is 6. The minimum Gasteiger partial charge on any atom is -0.497 e. The average molecular weight is 456 g/mol. The summed E-state index contributed by atoms with van der Waals surface area (Å²) < 4.78 is 25.2. The van der Waals surface area contributed by atoms with Crippen molar-refractivity contribution in [2.24, 2.45) is 0 Å². The second-order valence-electron chi connectivity index (χ2n) is 8.45. The third-order valence-electron chi connectivity index (χ3n) is 6.39. The lowest BCUT2D eigenvalue weighted by Crippen LogP contribution is -2.31. The van der Waals surface area contributed by atoms with E-state index in [0.717, 1.165) is 45.8 Å². The molecule has 34 heavy (non-hydrogen) atoms. The lowest BCUT2D eigenvalue weighted by molar-refractivity contribution is 0.0810. The first-order valence-electron chi connectivity index (χ1n) is 11.3. The summed E-state index contributed by atoms with van der Waals surface area (Å²) in [5, 5.41) is 1.01. The Bertz CT molecular complexity index is 1430. The van der Waals surface area contributed by atoms with Crippen molar-refractivity contribution in [2.45, 2.75) is 26.6 Å². The summed E-state index contributed by atoms with van der Waals surface area (Å²) in [6.45, 7) is 4.57. The molecule has 7 heteroatoms. The van der Waals surface area contributed by atoms with E-state index < -0.39 is 0 Å². The molecule has 0 N–H and O–H groups in total. The number of ketones is 1. The molecule has 7 nitrogen and oxygen atoms in total. The van der Waals surface area contributed by atoms with Crippen molar-refractivity contribution in [2.75, 3.05) is 13.8 Å².